The fraction of sp³-hybridized carbons (Fsp3) is 0.240. The van der Waals surface area contributed by atoms with Crippen LogP contribution in [0.15, 0.2) is 72.3 Å². The SMILES string of the molecule is C/C=C\C(COc1ccc(F)cc1-c1ncnc(Nc2cccc(CSC)c2)n1)=C(\F)CC. The Morgan fingerprint density at radius 1 is 1.18 bits per heavy atom. The van der Waals surface area contributed by atoms with Gasteiger partial charge in [-0.25, -0.2) is 18.7 Å². The lowest BCUT2D eigenvalue weighted by Gasteiger charge is -2.13. The van der Waals surface area contributed by atoms with Gasteiger partial charge in [0.05, 0.1) is 5.56 Å². The Kier molecular flexibility index (Phi) is 8.95. The predicted octanol–water partition coefficient (Wildman–Crippen LogP) is 6.87. The molecule has 33 heavy (non-hydrogen) atoms. The molecule has 3 aromatic rings. The van der Waals surface area contributed by atoms with Crippen LogP contribution >= 0.6 is 11.8 Å². The van der Waals surface area contributed by atoms with Crippen molar-refractivity contribution < 1.29 is 13.5 Å². The van der Waals surface area contributed by atoms with Gasteiger partial charge in [0.2, 0.25) is 5.95 Å². The third kappa shape index (κ3) is 6.86. The number of rotatable bonds is 10. The maximum atomic E-state index is 14.2. The first kappa shape index (κ1) is 24.4. The minimum absolute atomic E-state index is 0.00106. The van der Waals surface area contributed by atoms with E-state index in [4.69, 9.17) is 4.74 Å². The zero-order valence-corrected chi connectivity index (χ0v) is 19.6. The molecule has 0 aliphatic rings. The van der Waals surface area contributed by atoms with E-state index >= 15 is 0 Å². The number of thioether (sulfide) groups is 1. The third-order valence-electron chi connectivity index (χ3n) is 4.66. The van der Waals surface area contributed by atoms with Crippen LogP contribution in [0.3, 0.4) is 0 Å². The summed E-state index contributed by atoms with van der Waals surface area (Å²) in [6.45, 7) is 3.54. The molecular weight excluding hydrogens is 442 g/mol. The zero-order chi connectivity index (χ0) is 23.6. The van der Waals surface area contributed by atoms with E-state index in [0.29, 0.717) is 22.8 Å². The number of anilines is 2. The van der Waals surface area contributed by atoms with Crippen LogP contribution < -0.4 is 10.1 Å². The van der Waals surface area contributed by atoms with Gasteiger partial charge in [-0.05, 0) is 55.5 Å². The minimum Gasteiger partial charge on any atom is -0.488 e. The first-order valence-corrected chi connectivity index (χ1v) is 11.9. The van der Waals surface area contributed by atoms with Crippen molar-refractivity contribution in [3.05, 3.63) is 83.7 Å². The van der Waals surface area contributed by atoms with Crippen LogP contribution in [0.5, 0.6) is 5.75 Å². The molecule has 5 nitrogen and oxygen atoms in total. The van der Waals surface area contributed by atoms with E-state index in [0.717, 1.165) is 11.4 Å². The molecular formula is C25H26F2N4OS. The molecule has 0 amide bonds. The predicted molar refractivity (Wildman–Crippen MR) is 131 cm³/mol. The molecule has 8 heteroatoms. The van der Waals surface area contributed by atoms with Gasteiger partial charge in [-0.15, -0.1) is 0 Å². The Bertz CT molecular complexity index is 1150. The van der Waals surface area contributed by atoms with Crippen molar-refractivity contribution in [3.8, 4) is 17.1 Å². The molecule has 0 fully saturated rings. The average Bonchev–Trinajstić information content (AvgIpc) is 2.82. The van der Waals surface area contributed by atoms with Crippen molar-refractivity contribution in [2.75, 3.05) is 18.2 Å². The van der Waals surface area contributed by atoms with Crippen molar-refractivity contribution in [2.45, 2.75) is 26.0 Å². The highest BCUT2D eigenvalue weighted by Gasteiger charge is 2.14. The molecule has 0 saturated heterocycles. The number of hydrogen-bond acceptors (Lipinski definition) is 6. The van der Waals surface area contributed by atoms with E-state index in [1.165, 1.54) is 30.1 Å². The largest absolute Gasteiger partial charge is 0.488 e. The number of benzene rings is 2. The van der Waals surface area contributed by atoms with Gasteiger partial charge in [-0.2, -0.15) is 16.7 Å². The van der Waals surface area contributed by atoms with Crippen molar-refractivity contribution in [1.82, 2.24) is 15.0 Å². The van der Waals surface area contributed by atoms with E-state index in [-0.39, 0.29) is 24.7 Å². The van der Waals surface area contributed by atoms with Gasteiger partial charge in [0.1, 0.15) is 30.3 Å². The van der Waals surface area contributed by atoms with E-state index in [2.05, 4.69) is 26.3 Å². The van der Waals surface area contributed by atoms with E-state index in [1.807, 2.05) is 31.4 Å². The van der Waals surface area contributed by atoms with Gasteiger partial charge in [0.25, 0.3) is 0 Å². The maximum absolute atomic E-state index is 14.2. The van der Waals surface area contributed by atoms with Gasteiger partial charge >= 0.3 is 0 Å². The van der Waals surface area contributed by atoms with E-state index in [9.17, 15) is 8.78 Å². The van der Waals surface area contributed by atoms with Gasteiger partial charge < -0.3 is 10.1 Å². The van der Waals surface area contributed by atoms with Crippen LogP contribution in [0, 0.1) is 5.82 Å². The van der Waals surface area contributed by atoms with Gasteiger partial charge in [-0.3, -0.25) is 0 Å². The minimum atomic E-state index is -0.457. The maximum Gasteiger partial charge on any atom is 0.230 e. The summed E-state index contributed by atoms with van der Waals surface area (Å²) in [6.07, 6.45) is 7.08. The van der Waals surface area contributed by atoms with Gasteiger partial charge in [0, 0.05) is 17.0 Å². The molecule has 0 bridgehead atoms. The molecule has 172 valence electrons. The fourth-order valence-electron chi connectivity index (χ4n) is 3.12. The summed E-state index contributed by atoms with van der Waals surface area (Å²) in [7, 11) is 0. The zero-order valence-electron chi connectivity index (χ0n) is 18.8. The van der Waals surface area contributed by atoms with Crippen LogP contribution in [-0.4, -0.2) is 27.8 Å². The Morgan fingerprint density at radius 2 is 2.03 bits per heavy atom. The van der Waals surface area contributed by atoms with Crippen molar-refractivity contribution in [3.63, 3.8) is 0 Å². The second kappa shape index (κ2) is 12.1. The summed E-state index contributed by atoms with van der Waals surface area (Å²) >= 11 is 1.74. The summed E-state index contributed by atoms with van der Waals surface area (Å²) in [4.78, 5) is 12.8. The molecule has 0 aliphatic heterocycles. The summed E-state index contributed by atoms with van der Waals surface area (Å²) < 4.78 is 34.1. The lowest BCUT2D eigenvalue weighted by molar-refractivity contribution is 0.350. The number of nitrogens with zero attached hydrogens (tertiary/aromatic N) is 3. The number of ether oxygens (including phenoxy) is 1. The highest BCUT2D eigenvalue weighted by molar-refractivity contribution is 7.97. The molecule has 1 aromatic heterocycles. The Labute approximate surface area is 197 Å². The lowest BCUT2D eigenvalue weighted by Crippen LogP contribution is -2.05. The lowest BCUT2D eigenvalue weighted by atomic mass is 10.1. The van der Waals surface area contributed by atoms with Crippen molar-refractivity contribution in [1.29, 1.82) is 0 Å². The van der Waals surface area contributed by atoms with Gasteiger partial charge in [-0.1, -0.05) is 31.2 Å². The topological polar surface area (TPSA) is 59.9 Å². The molecule has 3 rings (SSSR count). The number of allylic oxidation sites excluding steroid dienone is 2. The molecule has 0 aliphatic carbocycles. The number of halogens is 2. The molecule has 0 saturated carbocycles. The van der Waals surface area contributed by atoms with Crippen LogP contribution in [0.2, 0.25) is 0 Å². The molecule has 0 atom stereocenters. The standard InChI is InChI=1S/C25H26F2N4OS/c1-4-7-18(22(27)5-2)14-32-23-11-10-19(26)13-21(23)24-28-16-29-25(31-24)30-20-9-6-8-17(12-20)15-33-3/h4,6-13,16H,5,14-15H2,1-3H3,(H,28,29,30,31)/b7-4-,22-18-. The Morgan fingerprint density at radius 3 is 2.79 bits per heavy atom. The van der Waals surface area contributed by atoms with Crippen molar-refractivity contribution in [2.24, 2.45) is 0 Å². The summed E-state index contributed by atoms with van der Waals surface area (Å²) in [5.74, 6) is 1.09. The normalized spacial score (nSPS) is 12.0. The fourth-order valence-corrected chi connectivity index (χ4v) is 3.64. The number of hydrogen-bond donors (Lipinski definition) is 1. The molecule has 0 unspecified atom stereocenters. The summed E-state index contributed by atoms with van der Waals surface area (Å²) in [5, 5.41) is 3.16. The Balaban J connectivity index is 1.87. The first-order valence-electron chi connectivity index (χ1n) is 10.5. The molecule has 1 heterocycles. The van der Waals surface area contributed by atoms with Crippen LogP contribution in [0.1, 0.15) is 25.8 Å². The van der Waals surface area contributed by atoms with Crippen LogP contribution in [0.4, 0.5) is 20.4 Å². The highest BCUT2D eigenvalue weighted by atomic mass is 32.2. The van der Waals surface area contributed by atoms with E-state index < -0.39 is 5.82 Å². The van der Waals surface area contributed by atoms with Crippen LogP contribution in [-0.2, 0) is 5.75 Å². The summed E-state index contributed by atoms with van der Waals surface area (Å²) in [5.41, 5.74) is 2.80. The average molecular weight is 469 g/mol. The van der Waals surface area contributed by atoms with E-state index in [1.54, 1.807) is 30.8 Å². The smallest absolute Gasteiger partial charge is 0.230 e. The van der Waals surface area contributed by atoms with Crippen LogP contribution in [0.25, 0.3) is 11.4 Å². The quantitative estimate of drug-likeness (QED) is 0.328. The monoisotopic (exact) mass is 468 g/mol. The number of nitrogens with one attached hydrogen (secondary N) is 1. The Hall–Kier alpha value is -3.26. The highest BCUT2D eigenvalue weighted by Crippen LogP contribution is 2.30. The molecule has 2 aromatic carbocycles. The number of aromatic nitrogens is 3. The van der Waals surface area contributed by atoms with Crippen molar-refractivity contribution >= 4 is 23.4 Å². The van der Waals surface area contributed by atoms with Gasteiger partial charge in [0.15, 0.2) is 5.82 Å². The first-order chi connectivity index (χ1) is 16.0. The summed E-state index contributed by atoms with van der Waals surface area (Å²) in [6, 6.07) is 12.0. The molecule has 1 N–H and O–H groups in total. The molecule has 0 radical (unpaired) electrons. The second-order valence-corrected chi connectivity index (χ2v) is 7.97. The molecule has 0 spiro atoms. The third-order valence-corrected chi connectivity index (χ3v) is 5.28. The second-order valence-electron chi connectivity index (χ2n) is 7.10.